The number of halogens is 2. The number of hydrogen-bond donors (Lipinski definition) is 2. The van der Waals surface area contributed by atoms with Gasteiger partial charge in [0.05, 0.1) is 12.6 Å². The van der Waals surface area contributed by atoms with Gasteiger partial charge in [-0.05, 0) is 36.6 Å². The smallest absolute Gasteiger partial charge is 0.243 e. The molecule has 1 heterocycles. The van der Waals surface area contributed by atoms with E-state index in [1.54, 1.807) is 19.0 Å². The number of rotatable bonds is 6. The van der Waals surface area contributed by atoms with E-state index in [9.17, 15) is 4.79 Å². The van der Waals surface area contributed by atoms with E-state index in [0.717, 1.165) is 42.1 Å². The molecule has 0 spiro atoms. The highest BCUT2D eigenvalue weighted by atomic mass is 127. The Balaban J connectivity index is 0.00000289. The number of aliphatic imine (C=N–C) groups is 1. The maximum Gasteiger partial charge on any atom is 0.243 e. The first-order valence-corrected chi connectivity index (χ1v) is 11.1. The minimum Gasteiger partial charge on any atom is -0.493 e. The molecule has 1 saturated carbocycles. The van der Waals surface area contributed by atoms with Crippen molar-refractivity contribution in [3.8, 4) is 5.75 Å². The first kappa shape index (κ1) is 24.6. The average molecular weight is 569 g/mol. The fraction of sp³-hybridized carbons (Fsp3) is 0.417. The van der Waals surface area contributed by atoms with Crippen LogP contribution in [0.5, 0.6) is 5.75 Å². The van der Waals surface area contributed by atoms with Crippen molar-refractivity contribution >= 4 is 47.4 Å². The van der Waals surface area contributed by atoms with Crippen LogP contribution in [0.1, 0.15) is 36.4 Å². The topological polar surface area (TPSA) is 66.0 Å². The van der Waals surface area contributed by atoms with E-state index >= 15 is 0 Å². The largest absolute Gasteiger partial charge is 0.493 e. The van der Waals surface area contributed by atoms with E-state index < -0.39 is 0 Å². The lowest BCUT2D eigenvalue weighted by molar-refractivity contribution is -0.127. The Morgan fingerprint density at radius 3 is 2.72 bits per heavy atom. The van der Waals surface area contributed by atoms with Crippen LogP contribution in [0.15, 0.2) is 53.5 Å². The maximum atomic E-state index is 12.1. The van der Waals surface area contributed by atoms with Crippen LogP contribution >= 0.6 is 35.6 Å². The molecule has 1 fully saturated rings. The zero-order valence-corrected chi connectivity index (χ0v) is 21.5. The second-order valence-corrected chi connectivity index (χ2v) is 8.91. The highest BCUT2D eigenvalue weighted by Gasteiger charge is 2.44. The van der Waals surface area contributed by atoms with Crippen molar-refractivity contribution in [2.24, 2.45) is 4.99 Å². The van der Waals surface area contributed by atoms with Crippen LogP contribution in [0.25, 0.3) is 0 Å². The molecular weight excluding hydrogens is 539 g/mol. The zero-order chi connectivity index (χ0) is 21.8. The van der Waals surface area contributed by atoms with Crippen molar-refractivity contribution in [3.63, 3.8) is 0 Å². The Morgan fingerprint density at radius 1 is 1.22 bits per heavy atom. The fourth-order valence-electron chi connectivity index (χ4n) is 3.89. The lowest BCUT2D eigenvalue weighted by atomic mass is 9.96. The third-order valence-corrected chi connectivity index (χ3v) is 6.26. The molecule has 1 unspecified atom stereocenters. The molecular formula is C24H30ClIN4O2. The molecule has 2 aromatic carbocycles. The first-order chi connectivity index (χ1) is 15.0. The van der Waals surface area contributed by atoms with Gasteiger partial charge in [-0.2, -0.15) is 0 Å². The van der Waals surface area contributed by atoms with Crippen LogP contribution in [-0.2, 0) is 10.2 Å². The summed E-state index contributed by atoms with van der Waals surface area (Å²) < 4.78 is 5.78. The highest BCUT2D eigenvalue weighted by Crippen LogP contribution is 2.48. The van der Waals surface area contributed by atoms with Crippen molar-refractivity contribution in [1.82, 2.24) is 15.5 Å². The average Bonchev–Trinajstić information content (AvgIpc) is 3.56. The Morgan fingerprint density at radius 2 is 2.00 bits per heavy atom. The highest BCUT2D eigenvalue weighted by molar-refractivity contribution is 14.0. The number of carbonyl (C=O) groups excluding carboxylic acids is 1. The number of para-hydroxylation sites is 1. The number of likely N-dealkylation sites (N-methyl/N-ethyl adjacent to an activating group) is 1. The predicted molar refractivity (Wildman–Crippen MR) is 139 cm³/mol. The van der Waals surface area contributed by atoms with Crippen LogP contribution < -0.4 is 15.4 Å². The number of benzene rings is 2. The van der Waals surface area contributed by atoms with Gasteiger partial charge in [0, 0.05) is 43.1 Å². The fourth-order valence-corrected chi connectivity index (χ4v) is 4.08. The van der Waals surface area contributed by atoms with Crippen LogP contribution in [0, 0.1) is 0 Å². The molecule has 0 saturated heterocycles. The Bertz CT molecular complexity index is 978. The van der Waals surface area contributed by atoms with Gasteiger partial charge in [0.15, 0.2) is 5.96 Å². The molecule has 6 nitrogen and oxygen atoms in total. The second kappa shape index (κ2) is 10.7. The number of hydrogen-bond acceptors (Lipinski definition) is 3. The maximum absolute atomic E-state index is 12.1. The number of amides is 1. The third kappa shape index (κ3) is 5.86. The van der Waals surface area contributed by atoms with Gasteiger partial charge in [0.1, 0.15) is 12.3 Å². The standard InChI is InChI=1S/C24H29ClN4O2.HI/c1-29(2)22(30)15-26-23(28-20-10-13-31-21-9-4-3-8-19(20)21)27-16-24(11-12-24)17-6-5-7-18(25)14-17;/h3-9,14,20H,10-13,15-16H2,1-2H3,(H2,26,27,28);1H. The summed E-state index contributed by atoms with van der Waals surface area (Å²) in [4.78, 5) is 18.3. The molecule has 1 aliphatic heterocycles. The minimum absolute atomic E-state index is 0. The quantitative estimate of drug-likeness (QED) is 0.312. The molecule has 0 radical (unpaired) electrons. The number of guanidine groups is 1. The van der Waals surface area contributed by atoms with Gasteiger partial charge < -0.3 is 20.3 Å². The molecule has 8 heteroatoms. The molecule has 0 bridgehead atoms. The SMILES string of the molecule is CN(C)C(=O)CN=C(NCC1(c2cccc(Cl)c2)CC1)NC1CCOc2ccccc21.I. The van der Waals surface area contributed by atoms with Crippen molar-refractivity contribution in [3.05, 3.63) is 64.7 Å². The molecule has 1 amide bonds. The first-order valence-electron chi connectivity index (χ1n) is 10.7. The summed E-state index contributed by atoms with van der Waals surface area (Å²) in [6.45, 7) is 1.47. The summed E-state index contributed by atoms with van der Waals surface area (Å²) in [5.41, 5.74) is 2.41. The van der Waals surface area contributed by atoms with Gasteiger partial charge in [-0.25, -0.2) is 4.99 Å². The second-order valence-electron chi connectivity index (χ2n) is 8.47. The predicted octanol–water partition coefficient (Wildman–Crippen LogP) is 4.14. The summed E-state index contributed by atoms with van der Waals surface area (Å²) >= 11 is 6.22. The van der Waals surface area contributed by atoms with E-state index in [-0.39, 0.29) is 47.9 Å². The molecule has 0 aromatic heterocycles. The number of nitrogens with one attached hydrogen (secondary N) is 2. The number of ether oxygens (including phenoxy) is 1. The van der Waals surface area contributed by atoms with Gasteiger partial charge in [0.25, 0.3) is 0 Å². The molecule has 2 aliphatic rings. The van der Waals surface area contributed by atoms with Crippen LogP contribution in [0.2, 0.25) is 5.02 Å². The van der Waals surface area contributed by atoms with Gasteiger partial charge in [0.2, 0.25) is 5.91 Å². The summed E-state index contributed by atoms with van der Waals surface area (Å²) in [7, 11) is 3.48. The number of fused-ring (bicyclic) bond motifs is 1. The summed E-state index contributed by atoms with van der Waals surface area (Å²) in [6, 6.07) is 16.2. The van der Waals surface area contributed by atoms with E-state index in [1.807, 2.05) is 36.4 Å². The summed E-state index contributed by atoms with van der Waals surface area (Å²) in [5, 5.41) is 7.78. The normalized spacial score (nSPS) is 18.5. The molecule has 1 atom stereocenters. The van der Waals surface area contributed by atoms with E-state index in [2.05, 4.69) is 27.8 Å². The molecule has 2 N–H and O–H groups in total. The molecule has 32 heavy (non-hydrogen) atoms. The summed E-state index contributed by atoms with van der Waals surface area (Å²) in [6.07, 6.45) is 3.04. The molecule has 4 rings (SSSR count). The van der Waals surface area contributed by atoms with Crippen LogP contribution in [0.3, 0.4) is 0 Å². The zero-order valence-electron chi connectivity index (χ0n) is 18.4. The van der Waals surface area contributed by atoms with Crippen molar-refractivity contribution in [2.75, 3.05) is 33.8 Å². The Kier molecular flexibility index (Phi) is 8.27. The van der Waals surface area contributed by atoms with Gasteiger partial charge >= 0.3 is 0 Å². The van der Waals surface area contributed by atoms with Crippen molar-refractivity contribution < 1.29 is 9.53 Å². The summed E-state index contributed by atoms with van der Waals surface area (Å²) in [5.74, 6) is 1.50. The van der Waals surface area contributed by atoms with E-state index in [0.29, 0.717) is 12.6 Å². The lowest BCUT2D eigenvalue weighted by Crippen LogP contribution is -2.44. The van der Waals surface area contributed by atoms with Crippen LogP contribution in [-0.4, -0.2) is 50.6 Å². The Labute approximate surface area is 211 Å². The van der Waals surface area contributed by atoms with Crippen LogP contribution in [0.4, 0.5) is 0 Å². The monoisotopic (exact) mass is 568 g/mol. The van der Waals surface area contributed by atoms with E-state index in [4.69, 9.17) is 16.3 Å². The molecule has 1 aliphatic carbocycles. The third-order valence-electron chi connectivity index (χ3n) is 6.03. The van der Waals surface area contributed by atoms with Crippen molar-refractivity contribution in [2.45, 2.75) is 30.7 Å². The Hall–Kier alpha value is -2.00. The van der Waals surface area contributed by atoms with Crippen molar-refractivity contribution in [1.29, 1.82) is 0 Å². The van der Waals surface area contributed by atoms with E-state index in [1.165, 1.54) is 5.56 Å². The lowest BCUT2D eigenvalue weighted by Gasteiger charge is -2.29. The molecule has 172 valence electrons. The van der Waals surface area contributed by atoms with Gasteiger partial charge in [-0.15, -0.1) is 24.0 Å². The number of carbonyl (C=O) groups is 1. The van der Waals surface area contributed by atoms with Gasteiger partial charge in [-0.3, -0.25) is 4.79 Å². The minimum atomic E-state index is -0.0375. The number of nitrogens with zero attached hydrogens (tertiary/aromatic N) is 2. The van der Waals surface area contributed by atoms with Gasteiger partial charge in [-0.1, -0.05) is 41.9 Å². The molecule has 2 aromatic rings.